The van der Waals surface area contributed by atoms with Crippen LogP contribution < -0.4 is 5.73 Å². The van der Waals surface area contributed by atoms with Crippen LogP contribution in [0.15, 0.2) is 18.2 Å². The molecule has 2 aromatic heterocycles. The van der Waals surface area contributed by atoms with Gasteiger partial charge in [-0.05, 0) is 31.9 Å². The van der Waals surface area contributed by atoms with Crippen molar-refractivity contribution in [1.82, 2.24) is 19.7 Å². The van der Waals surface area contributed by atoms with Gasteiger partial charge in [-0.25, -0.2) is 4.98 Å². The first kappa shape index (κ1) is 9.33. The van der Waals surface area contributed by atoms with Gasteiger partial charge in [0.05, 0.1) is 0 Å². The average Bonchev–Trinajstić information content (AvgIpc) is 3.02. The zero-order valence-corrected chi connectivity index (χ0v) is 9.09. The zero-order chi connectivity index (χ0) is 11.1. The van der Waals surface area contributed by atoms with Crippen molar-refractivity contribution in [3.05, 3.63) is 24.0 Å². The predicted octanol–water partition coefficient (Wildman–Crippen LogP) is 1.57. The largest absolute Gasteiger partial charge is 0.384 e. The highest BCUT2D eigenvalue weighted by Crippen LogP contribution is 2.38. The van der Waals surface area contributed by atoms with E-state index >= 15 is 0 Å². The summed E-state index contributed by atoms with van der Waals surface area (Å²) in [5, 5.41) is 8.30. The van der Waals surface area contributed by atoms with Crippen molar-refractivity contribution < 1.29 is 0 Å². The smallest absolute Gasteiger partial charge is 0.182 e. The third kappa shape index (κ3) is 1.44. The van der Waals surface area contributed by atoms with E-state index in [4.69, 9.17) is 5.73 Å². The van der Waals surface area contributed by atoms with Gasteiger partial charge in [-0.15, -0.1) is 10.2 Å². The molecule has 0 radical (unpaired) electrons. The van der Waals surface area contributed by atoms with E-state index in [1.807, 2.05) is 19.1 Å². The lowest BCUT2D eigenvalue weighted by Gasteiger charge is -2.06. The molecular weight excluding hydrogens is 202 g/mol. The van der Waals surface area contributed by atoms with Gasteiger partial charge in [-0.2, -0.15) is 0 Å². The van der Waals surface area contributed by atoms with Gasteiger partial charge in [-0.1, -0.05) is 6.07 Å². The third-order valence-electron chi connectivity index (χ3n) is 2.78. The first-order chi connectivity index (χ1) is 7.75. The van der Waals surface area contributed by atoms with Crippen molar-refractivity contribution in [2.45, 2.75) is 25.8 Å². The lowest BCUT2D eigenvalue weighted by molar-refractivity contribution is 0.715. The van der Waals surface area contributed by atoms with Gasteiger partial charge in [0.2, 0.25) is 0 Å². The Morgan fingerprint density at radius 3 is 2.81 bits per heavy atom. The van der Waals surface area contributed by atoms with Crippen molar-refractivity contribution >= 4 is 5.82 Å². The summed E-state index contributed by atoms with van der Waals surface area (Å²) in [5.41, 5.74) is 6.47. The van der Waals surface area contributed by atoms with Gasteiger partial charge in [0, 0.05) is 6.04 Å². The molecule has 3 rings (SSSR count). The van der Waals surface area contributed by atoms with E-state index in [9.17, 15) is 0 Å². The fourth-order valence-electron chi connectivity index (χ4n) is 1.89. The molecule has 0 aliphatic heterocycles. The number of nitrogen functional groups attached to an aromatic ring is 1. The van der Waals surface area contributed by atoms with E-state index in [2.05, 4.69) is 19.7 Å². The van der Waals surface area contributed by atoms with Crippen LogP contribution in [0.5, 0.6) is 0 Å². The van der Waals surface area contributed by atoms with Crippen molar-refractivity contribution in [2.24, 2.45) is 0 Å². The minimum atomic E-state index is 0.514. The molecule has 5 heteroatoms. The van der Waals surface area contributed by atoms with Crippen LogP contribution in [0.25, 0.3) is 11.5 Å². The summed E-state index contributed by atoms with van der Waals surface area (Å²) in [6, 6.07) is 6.12. The maximum Gasteiger partial charge on any atom is 0.182 e. The first-order valence-corrected chi connectivity index (χ1v) is 5.40. The monoisotopic (exact) mass is 215 g/mol. The van der Waals surface area contributed by atoms with Crippen molar-refractivity contribution in [1.29, 1.82) is 0 Å². The number of aromatic nitrogens is 4. The summed E-state index contributed by atoms with van der Waals surface area (Å²) in [6.07, 6.45) is 2.41. The van der Waals surface area contributed by atoms with E-state index in [0.717, 1.165) is 17.3 Å². The molecule has 0 atom stereocenters. The number of pyridine rings is 1. The van der Waals surface area contributed by atoms with Gasteiger partial charge in [-0.3, -0.25) is 0 Å². The topological polar surface area (TPSA) is 69.6 Å². The summed E-state index contributed by atoms with van der Waals surface area (Å²) >= 11 is 0. The van der Waals surface area contributed by atoms with Crippen LogP contribution in [0, 0.1) is 6.92 Å². The second kappa shape index (κ2) is 3.30. The lowest BCUT2D eigenvalue weighted by atomic mass is 10.3. The van der Waals surface area contributed by atoms with E-state index in [1.165, 1.54) is 12.8 Å². The lowest BCUT2D eigenvalue weighted by Crippen LogP contribution is -2.01. The molecular formula is C11H13N5. The molecule has 1 aliphatic rings. The Kier molecular flexibility index (Phi) is 1.92. The standard InChI is InChI=1S/C11H13N5/c1-7-14-15-11(16(7)8-5-6-8)9-3-2-4-10(12)13-9/h2-4,8H,5-6H2,1H3,(H2,12,13). The number of hydrogen-bond acceptors (Lipinski definition) is 4. The highest BCUT2D eigenvalue weighted by Gasteiger charge is 2.28. The van der Waals surface area contributed by atoms with Crippen LogP contribution in [0.2, 0.25) is 0 Å². The van der Waals surface area contributed by atoms with Crippen molar-refractivity contribution in [3.8, 4) is 11.5 Å². The van der Waals surface area contributed by atoms with Crippen molar-refractivity contribution in [3.63, 3.8) is 0 Å². The summed E-state index contributed by atoms with van der Waals surface area (Å²) in [6.45, 7) is 1.97. The number of hydrogen-bond donors (Lipinski definition) is 1. The van der Waals surface area contributed by atoms with Gasteiger partial charge in [0.25, 0.3) is 0 Å². The fraction of sp³-hybridized carbons (Fsp3) is 0.364. The van der Waals surface area contributed by atoms with Crippen molar-refractivity contribution in [2.75, 3.05) is 5.73 Å². The summed E-state index contributed by atoms with van der Waals surface area (Å²) in [4.78, 5) is 4.28. The molecule has 2 N–H and O–H groups in total. The minimum absolute atomic E-state index is 0.514. The molecule has 2 heterocycles. The molecule has 0 amide bonds. The summed E-state index contributed by atoms with van der Waals surface area (Å²) < 4.78 is 2.15. The molecule has 1 fully saturated rings. The predicted molar refractivity (Wildman–Crippen MR) is 60.7 cm³/mol. The number of anilines is 1. The second-order valence-electron chi connectivity index (χ2n) is 4.12. The van der Waals surface area contributed by atoms with E-state index in [-0.39, 0.29) is 0 Å². The molecule has 0 unspecified atom stereocenters. The normalized spacial score (nSPS) is 15.3. The second-order valence-corrected chi connectivity index (χ2v) is 4.12. The van der Waals surface area contributed by atoms with Crippen LogP contribution >= 0.6 is 0 Å². The van der Waals surface area contributed by atoms with Crippen LogP contribution in [0.1, 0.15) is 24.7 Å². The number of nitrogens with zero attached hydrogens (tertiary/aromatic N) is 4. The molecule has 82 valence electrons. The summed E-state index contributed by atoms with van der Waals surface area (Å²) in [7, 11) is 0. The molecule has 2 aromatic rings. The molecule has 0 saturated heterocycles. The van der Waals surface area contributed by atoms with Gasteiger partial charge >= 0.3 is 0 Å². The highest BCUT2D eigenvalue weighted by molar-refractivity contribution is 5.53. The zero-order valence-electron chi connectivity index (χ0n) is 9.09. The van der Waals surface area contributed by atoms with Crippen LogP contribution in [-0.4, -0.2) is 19.7 Å². The molecule has 0 aromatic carbocycles. The quantitative estimate of drug-likeness (QED) is 0.825. The Morgan fingerprint density at radius 2 is 2.12 bits per heavy atom. The van der Waals surface area contributed by atoms with E-state index < -0.39 is 0 Å². The Morgan fingerprint density at radius 1 is 1.31 bits per heavy atom. The summed E-state index contributed by atoms with van der Waals surface area (Å²) in [5.74, 6) is 2.29. The number of rotatable bonds is 2. The SMILES string of the molecule is Cc1nnc(-c2cccc(N)n2)n1C1CC1. The Bertz CT molecular complexity index is 527. The Balaban J connectivity index is 2.12. The Hall–Kier alpha value is -1.91. The molecule has 0 spiro atoms. The minimum Gasteiger partial charge on any atom is -0.384 e. The van der Waals surface area contributed by atoms with Gasteiger partial charge < -0.3 is 10.3 Å². The Labute approximate surface area is 93.3 Å². The number of aryl methyl sites for hydroxylation is 1. The fourth-order valence-corrected chi connectivity index (χ4v) is 1.89. The first-order valence-electron chi connectivity index (χ1n) is 5.40. The molecule has 1 saturated carbocycles. The highest BCUT2D eigenvalue weighted by atomic mass is 15.3. The van der Waals surface area contributed by atoms with E-state index in [0.29, 0.717) is 11.9 Å². The molecule has 1 aliphatic carbocycles. The molecule has 0 bridgehead atoms. The van der Waals surface area contributed by atoms with Gasteiger partial charge in [0.15, 0.2) is 5.82 Å². The maximum absolute atomic E-state index is 5.68. The van der Waals surface area contributed by atoms with Gasteiger partial charge in [0.1, 0.15) is 17.3 Å². The van der Waals surface area contributed by atoms with E-state index in [1.54, 1.807) is 6.07 Å². The van der Waals surface area contributed by atoms with Crippen LogP contribution in [0.3, 0.4) is 0 Å². The molecule has 16 heavy (non-hydrogen) atoms. The van der Waals surface area contributed by atoms with Crippen LogP contribution in [-0.2, 0) is 0 Å². The number of nitrogens with two attached hydrogens (primary N) is 1. The van der Waals surface area contributed by atoms with Crippen LogP contribution in [0.4, 0.5) is 5.82 Å². The third-order valence-corrected chi connectivity index (χ3v) is 2.78. The average molecular weight is 215 g/mol. The maximum atomic E-state index is 5.68. The molecule has 5 nitrogen and oxygen atoms in total.